The smallest absolute Gasteiger partial charge is 0.381 e. The summed E-state index contributed by atoms with van der Waals surface area (Å²) < 4.78 is 4.57. The first-order valence-electron chi connectivity index (χ1n) is 2.46. The minimum Gasteiger partial charge on any atom is -0.381 e. The van der Waals surface area contributed by atoms with E-state index in [2.05, 4.69) is 16.0 Å². The summed E-state index contributed by atoms with van der Waals surface area (Å²) in [5.41, 5.74) is 0. The maximum Gasteiger partial charge on any atom is 0.453 e. The molecule has 0 atom stereocenters. The zero-order valence-corrected chi connectivity index (χ0v) is 4.98. The molecule has 1 rings (SSSR count). The zero-order valence-electron chi connectivity index (χ0n) is 4.98. The number of hydrogen-bond donors (Lipinski definition) is 0. The van der Waals surface area contributed by atoms with Crippen LogP contribution in [0.25, 0.3) is 6.08 Å². The fourth-order valence-electron chi connectivity index (χ4n) is 0.457. The first kappa shape index (κ1) is 6.47. The third kappa shape index (κ3) is 1.02. The topological polar surface area (TPSA) is 69.2 Å². The molecule has 0 aliphatic carbocycles. The van der Waals surface area contributed by atoms with Crippen LogP contribution in [-0.2, 0) is 0 Å². The van der Waals surface area contributed by atoms with Crippen molar-refractivity contribution in [2.75, 3.05) is 0 Å². The lowest BCUT2D eigenvalue weighted by molar-refractivity contribution is -0.402. The monoisotopic (exact) mass is 140 g/mol. The Labute approximate surface area is 56.1 Å². The third-order valence-electron chi connectivity index (χ3n) is 0.866. The maximum atomic E-state index is 9.97. The van der Waals surface area contributed by atoms with Gasteiger partial charge in [0, 0.05) is 0 Å². The van der Waals surface area contributed by atoms with E-state index < -0.39 is 4.92 Å². The fourth-order valence-corrected chi connectivity index (χ4v) is 0.457. The molecule has 0 aliphatic rings. The van der Waals surface area contributed by atoms with E-state index in [-0.39, 0.29) is 11.8 Å². The van der Waals surface area contributed by atoms with Crippen LogP contribution in [0.5, 0.6) is 0 Å². The van der Waals surface area contributed by atoms with Crippen molar-refractivity contribution in [1.29, 1.82) is 0 Å². The van der Waals surface area contributed by atoms with Crippen LogP contribution < -0.4 is 0 Å². The standard InChI is InChI=1S/C5H4N2O3/c1-2-4-6-3-5(10-4)7(8)9/h2-3H,1H2. The summed E-state index contributed by atoms with van der Waals surface area (Å²) in [5.74, 6) is -0.207. The summed E-state index contributed by atoms with van der Waals surface area (Å²) in [4.78, 5) is 12.8. The molecule has 52 valence electrons. The lowest BCUT2D eigenvalue weighted by Gasteiger charge is -1.78. The Morgan fingerprint density at radius 2 is 2.60 bits per heavy atom. The number of aromatic nitrogens is 1. The van der Waals surface area contributed by atoms with Gasteiger partial charge < -0.3 is 4.42 Å². The molecule has 0 fully saturated rings. The number of nitro groups is 1. The Morgan fingerprint density at radius 3 is 2.90 bits per heavy atom. The summed E-state index contributed by atoms with van der Waals surface area (Å²) in [7, 11) is 0. The van der Waals surface area contributed by atoms with Crippen LogP contribution in [0, 0.1) is 10.1 Å². The Kier molecular flexibility index (Phi) is 1.49. The van der Waals surface area contributed by atoms with Gasteiger partial charge >= 0.3 is 5.88 Å². The quantitative estimate of drug-likeness (QED) is 0.457. The minimum atomic E-state index is -0.653. The van der Waals surface area contributed by atoms with E-state index in [4.69, 9.17) is 0 Å². The Hall–Kier alpha value is -1.65. The normalized spacial score (nSPS) is 9.20. The van der Waals surface area contributed by atoms with Gasteiger partial charge in [-0.3, -0.25) is 10.1 Å². The number of oxazole rings is 1. The van der Waals surface area contributed by atoms with Crippen LogP contribution in [0.3, 0.4) is 0 Å². The molecule has 0 aliphatic heterocycles. The van der Waals surface area contributed by atoms with E-state index in [0.717, 1.165) is 6.20 Å². The molecule has 0 aromatic carbocycles. The van der Waals surface area contributed by atoms with Crippen molar-refractivity contribution in [3.63, 3.8) is 0 Å². The van der Waals surface area contributed by atoms with Gasteiger partial charge in [0.2, 0.25) is 5.89 Å². The highest BCUT2D eigenvalue weighted by atomic mass is 16.6. The number of hydrogen-bond acceptors (Lipinski definition) is 4. The van der Waals surface area contributed by atoms with Gasteiger partial charge in [0.15, 0.2) is 0 Å². The van der Waals surface area contributed by atoms with Crippen molar-refractivity contribution in [2.24, 2.45) is 0 Å². The summed E-state index contributed by atoms with van der Waals surface area (Å²) in [6.07, 6.45) is 2.34. The first-order chi connectivity index (χ1) is 4.74. The van der Waals surface area contributed by atoms with E-state index in [9.17, 15) is 10.1 Å². The van der Waals surface area contributed by atoms with Crippen molar-refractivity contribution >= 4 is 12.0 Å². The van der Waals surface area contributed by atoms with Gasteiger partial charge in [-0.25, -0.2) is 4.98 Å². The molecule has 0 bridgehead atoms. The summed E-state index contributed by atoms with van der Waals surface area (Å²) in [5, 5.41) is 9.97. The predicted octanol–water partition coefficient (Wildman–Crippen LogP) is 1.23. The average Bonchev–Trinajstić information content (AvgIpc) is 2.34. The van der Waals surface area contributed by atoms with Gasteiger partial charge in [-0.05, 0) is 6.08 Å². The van der Waals surface area contributed by atoms with Crippen LogP contribution in [0.15, 0.2) is 17.2 Å². The lowest BCUT2D eigenvalue weighted by Crippen LogP contribution is -1.82. The molecule has 0 N–H and O–H groups in total. The summed E-state index contributed by atoms with van der Waals surface area (Å²) in [6, 6.07) is 0. The molecule has 0 amide bonds. The second kappa shape index (κ2) is 2.30. The van der Waals surface area contributed by atoms with Gasteiger partial charge in [-0.2, -0.15) is 0 Å². The highest BCUT2D eigenvalue weighted by molar-refractivity contribution is 5.34. The highest BCUT2D eigenvalue weighted by Gasteiger charge is 2.10. The lowest BCUT2D eigenvalue weighted by atomic mass is 10.6. The first-order valence-corrected chi connectivity index (χ1v) is 2.46. The number of nitrogens with zero attached hydrogens (tertiary/aromatic N) is 2. The van der Waals surface area contributed by atoms with Gasteiger partial charge in [0.25, 0.3) is 0 Å². The van der Waals surface area contributed by atoms with Crippen molar-refractivity contribution in [3.8, 4) is 0 Å². The molecule has 0 radical (unpaired) electrons. The van der Waals surface area contributed by atoms with E-state index in [1.807, 2.05) is 0 Å². The second-order valence-corrected chi connectivity index (χ2v) is 1.50. The molecule has 10 heavy (non-hydrogen) atoms. The minimum absolute atomic E-state index is 0.159. The summed E-state index contributed by atoms with van der Waals surface area (Å²) in [6.45, 7) is 3.32. The van der Waals surface area contributed by atoms with Crippen LogP contribution in [0.1, 0.15) is 5.89 Å². The molecular weight excluding hydrogens is 136 g/mol. The van der Waals surface area contributed by atoms with Crippen LogP contribution >= 0.6 is 0 Å². The Bertz CT molecular complexity index is 266. The van der Waals surface area contributed by atoms with Crippen LogP contribution in [0.4, 0.5) is 5.88 Å². The van der Waals surface area contributed by atoms with Gasteiger partial charge in [-0.1, -0.05) is 6.58 Å². The molecule has 5 heteroatoms. The van der Waals surface area contributed by atoms with Crippen molar-refractivity contribution in [3.05, 3.63) is 28.8 Å². The SMILES string of the molecule is C=Cc1ncc([N+](=O)[O-])o1. The fraction of sp³-hybridized carbons (Fsp3) is 0. The Morgan fingerprint density at radius 1 is 1.90 bits per heavy atom. The van der Waals surface area contributed by atoms with E-state index >= 15 is 0 Å². The van der Waals surface area contributed by atoms with E-state index in [0.29, 0.717) is 0 Å². The molecule has 0 saturated carbocycles. The molecule has 0 unspecified atom stereocenters. The average molecular weight is 140 g/mol. The van der Waals surface area contributed by atoms with Gasteiger partial charge in [0.1, 0.15) is 11.1 Å². The van der Waals surface area contributed by atoms with Crippen molar-refractivity contribution in [1.82, 2.24) is 4.98 Å². The number of rotatable bonds is 2. The van der Waals surface area contributed by atoms with Crippen LogP contribution in [-0.4, -0.2) is 9.91 Å². The van der Waals surface area contributed by atoms with Gasteiger partial charge in [0.05, 0.1) is 0 Å². The largest absolute Gasteiger partial charge is 0.453 e. The molecule has 1 aromatic rings. The highest BCUT2D eigenvalue weighted by Crippen LogP contribution is 2.11. The summed E-state index contributed by atoms with van der Waals surface area (Å²) >= 11 is 0. The van der Waals surface area contributed by atoms with Crippen molar-refractivity contribution < 1.29 is 9.34 Å². The second-order valence-electron chi connectivity index (χ2n) is 1.50. The van der Waals surface area contributed by atoms with Crippen LogP contribution in [0.2, 0.25) is 0 Å². The van der Waals surface area contributed by atoms with E-state index in [1.165, 1.54) is 6.08 Å². The molecule has 1 heterocycles. The molecule has 0 spiro atoms. The molecule has 5 nitrogen and oxygen atoms in total. The third-order valence-corrected chi connectivity index (χ3v) is 0.866. The molecular formula is C5H4N2O3. The zero-order chi connectivity index (χ0) is 7.56. The molecule has 0 saturated heterocycles. The predicted molar refractivity (Wildman–Crippen MR) is 33.2 cm³/mol. The van der Waals surface area contributed by atoms with E-state index in [1.54, 1.807) is 0 Å². The molecule has 1 aromatic heterocycles. The maximum absolute atomic E-state index is 9.97. The van der Waals surface area contributed by atoms with Gasteiger partial charge in [-0.15, -0.1) is 0 Å². The van der Waals surface area contributed by atoms with Crippen molar-refractivity contribution in [2.45, 2.75) is 0 Å². The Balaban J connectivity index is 2.98.